The molecule has 1 aromatic heterocycles. The SMILES string of the molecule is CC(C)(C)c1ccc(C(=O)NCC(=O)OCC(=O)Nc2sc3c(c2C(N)=O)CCCC3)cc1. The Labute approximate surface area is 196 Å². The van der Waals surface area contributed by atoms with Crippen molar-refractivity contribution in [1.82, 2.24) is 5.32 Å². The standard InChI is InChI=1S/C24H29N3O5S/c1-24(2,3)15-10-8-14(9-11-15)22(31)26-12-19(29)32-13-18(28)27-23-20(21(25)30)16-6-4-5-7-17(16)33-23/h8-11H,4-7,12-13H2,1-3H3,(H2,25,30)(H,26,31)(H,27,28). The van der Waals surface area contributed by atoms with Crippen molar-refractivity contribution in [3.05, 3.63) is 51.4 Å². The van der Waals surface area contributed by atoms with Crippen LogP contribution in [0.4, 0.5) is 5.00 Å². The van der Waals surface area contributed by atoms with Crippen LogP contribution >= 0.6 is 11.3 Å². The van der Waals surface area contributed by atoms with Crippen molar-refractivity contribution in [2.45, 2.75) is 51.9 Å². The zero-order chi connectivity index (χ0) is 24.2. The maximum atomic E-state index is 12.3. The van der Waals surface area contributed by atoms with Gasteiger partial charge in [0, 0.05) is 10.4 Å². The minimum Gasteiger partial charge on any atom is -0.454 e. The molecule has 0 bridgehead atoms. The monoisotopic (exact) mass is 471 g/mol. The molecule has 176 valence electrons. The highest BCUT2D eigenvalue weighted by Gasteiger charge is 2.25. The van der Waals surface area contributed by atoms with Gasteiger partial charge < -0.3 is 21.1 Å². The summed E-state index contributed by atoms with van der Waals surface area (Å²) in [6, 6.07) is 7.15. The van der Waals surface area contributed by atoms with Crippen LogP contribution in [0.25, 0.3) is 0 Å². The Balaban J connectivity index is 1.48. The Morgan fingerprint density at radius 3 is 2.36 bits per heavy atom. The maximum absolute atomic E-state index is 12.3. The molecular formula is C24H29N3O5S. The molecule has 0 fully saturated rings. The quantitative estimate of drug-likeness (QED) is 0.535. The second kappa shape index (κ2) is 10.2. The number of hydrogen-bond acceptors (Lipinski definition) is 6. The molecule has 0 spiro atoms. The minimum atomic E-state index is -0.745. The zero-order valence-corrected chi connectivity index (χ0v) is 19.9. The van der Waals surface area contributed by atoms with Crippen LogP contribution in [0, 0.1) is 0 Å². The fourth-order valence-corrected chi connectivity index (χ4v) is 4.96. The lowest BCUT2D eigenvalue weighted by atomic mass is 9.87. The molecule has 3 rings (SSSR count). The predicted octanol–water partition coefficient (Wildman–Crippen LogP) is 2.94. The number of primary amides is 1. The molecular weight excluding hydrogens is 442 g/mol. The topological polar surface area (TPSA) is 128 Å². The van der Waals surface area contributed by atoms with Gasteiger partial charge in [-0.2, -0.15) is 0 Å². The zero-order valence-electron chi connectivity index (χ0n) is 19.1. The molecule has 2 aromatic rings. The highest BCUT2D eigenvalue weighted by Crippen LogP contribution is 2.37. The largest absolute Gasteiger partial charge is 0.454 e. The van der Waals surface area contributed by atoms with E-state index >= 15 is 0 Å². The van der Waals surface area contributed by atoms with Crippen LogP contribution in [0.2, 0.25) is 0 Å². The first kappa shape index (κ1) is 24.4. The number of ether oxygens (including phenoxy) is 1. The first-order chi connectivity index (χ1) is 15.6. The van der Waals surface area contributed by atoms with Crippen molar-refractivity contribution in [1.29, 1.82) is 0 Å². The average Bonchev–Trinajstić information content (AvgIpc) is 3.13. The summed E-state index contributed by atoms with van der Waals surface area (Å²) in [5, 5.41) is 5.50. The van der Waals surface area contributed by atoms with Gasteiger partial charge >= 0.3 is 5.97 Å². The third-order valence-corrected chi connectivity index (χ3v) is 6.65. The van der Waals surface area contributed by atoms with Crippen LogP contribution < -0.4 is 16.4 Å². The Hall–Kier alpha value is -3.20. The Bertz CT molecular complexity index is 1070. The number of nitrogens with one attached hydrogen (secondary N) is 2. The number of aryl methyl sites for hydroxylation is 1. The number of fused-ring (bicyclic) bond motifs is 1. The van der Waals surface area contributed by atoms with Gasteiger partial charge in [0.25, 0.3) is 17.7 Å². The maximum Gasteiger partial charge on any atom is 0.325 e. The molecule has 0 unspecified atom stereocenters. The number of rotatable bonds is 7. The second-order valence-electron chi connectivity index (χ2n) is 9.00. The van der Waals surface area contributed by atoms with E-state index in [4.69, 9.17) is 10.5 Å². The first-order valence-electron chi connectivity index (χ1n) is 10.8. The highest BCUT2D eigenvalue weighted by atomic mass is 32.1. The van der Waals surface area contributed by atoms with Gasteiger partial charge in [-0.15, -0.1) is 11.3 Å². The van der Waals surface area contributed by atoms with Gasteiger partial charge in [-0.05, 0) is 54.4 Å². The summed E-state index contributed by atoms with van der Waals surface area (Å²) in [5.74, 6) is -2.31. The fraction of sp³-hybridized carbons (Fsp3) is 0.417. The third kappa shape index (κ3) is 6.19. The van der Waals surface area contributed by atoms with E-state index in [1.807, 2.05) is 12.1 Å². The predicted molar refractivity (Wildman–Crippen MR) is 127 cm³/mol. The number of anilines is 1. The molecule has 1 aromatic carbocycles. The molecule has 0 atom stereocenters. The van der Waals surface area contributed by atoms with E-state index in [1.165, 1.54) is 11.3 Å². The van der Waals surface area contributed by atoms with Crippen LogP contribution in [0.3, 0.4) is 0 Å². The summed E-state index contributed by atoms with van der Waals surface area (Å²) in [7, 11) is 0. The van der Waals surface area contributed by atoms with Crippen molar-refractivity contribution in [3.63, 3.8) is 0 Å². The highest BCUT2D eigenvalue weighted by molar-refractivity contribution is 7.17. The number of esters is 1. The number of carbonyl (C=O) groups is 4. The molecule has 0 radical (unpaired) electrons. The normalized spacial score (nSPS) is 13.1. The summed E-state index contributed by atoms with van der Waals surface area (Å²) in [6.45, 7) is 5.34. The molecule has 0 saturated carbocycles. The van der Waals surface area contributed by atoms with Gasteiger partial charge in [0.05, 0.1) is 5.56 Å². The lowest BCUT2D eigenvalue weighted by molar-refractivity contribution is -0.146. The van der Waals surface area contributed by atoms with Crippen molar-refractivity contribution in [2.75, 3.05) is 18.5 Å². The molecule has 1 heterocycles. The van der Waals surface area contributed by atoms with Crippen LogP contribution in [0.5, 0.6) is 0 Å². The third-order valence-electron chi connectivity index (χ3n) is 5.44. The number of carbonyl (C=O) groups excluding carboxylic acids is 4. The van der Waals surface area contributed by atoms with Crippen molar-refractivity contribution in [3.8, 4) is 0 Å². The van der Waals surface area contributed by atoms with E-state index in [2.05, 4.69) is 31.4 Å². The van der Waals surface area contributed by atoms with Crippen molar-refractivity contribution in [2.24, 2.45) is 5.73 Å². The Kier molecular flexibility index (Phi) is 7.53. The Morgan fingerprint density at radius 1 is 1.06 bits per heavy atom. The van der Waals surface area contributed by atoms with Crippen LogP contribution in [-0.2, 0) is 32.6 Å². The number of hydrogen-bond donors (Lipinski definition) is 3. The molecule has 8 nitrogen and oxygen atoms in total. The molecule has 9 heteroatoms. The van der Waals surface area contributed by atoms with Gasteiger partial charge in [0.2, 0.25) is 0 Å². The van der Waals surface area contributed by atoms with E-state index in [9.17, 15) is 19.2 Å². The summed E-state index contributed by atoms with van der Waals surface area (Å²) in [5.41, 5.74) is 8.26. The summed E-state index contributed by atoms with van der Waals surface area (Å²) >= 11 is 1.34. The smallest absolute Gasteiger partial charge is 0.325 e. The number of thiophene rings is 1. The number of amides is 3. The van der Waals surface area contributed by atoms with Crippen LogP contribution in [0.1, 0.15) is 70.3 Å². The van der Waals surface area contributed by atoms with Crippen LogP contribution in [0.15, 0.2) is 24.3 Å². The van der Waals surface area contributed by atoms with E-state index in [0.717, 1.165) is 41.7 Å². The first-order valence-corrected chi connectivity index (χ1v) is 11.7. The molecule has 4 N–H and O–H groups in total. The van der Waals surface area contributed by atoms with E-state index in [0.29, 0.717) is 16.1 Å². The number of benzene rings is 1. The van der Waals surface area contributed by atoms with Gasteiger partial charge in [0.1, 0.15) is 11.5 Å². The fourth-order valence-electron chi connectivity index (χ4n) is 3.65. The van der Waals surface area contributed by atoms with Gasteiger partial charge in [-0.3, -0.25) is 19.2 Å². The summed E-state index contributed by atoms with van der Waals surface area (Å²) in [4.78, 5) is 49.4. The summed E-state index contributed by atoms with van der Waals surface area (Å²) < 4.78 is 4.95. The van der Waals surface area contributed by atoms with Gasteiger partial charge in [0.15, 0.2) is 6.61 Å². The van der Waals surface area contributed by atoms with E-state index in [1.54, 1.807) is 12.1 Å². The second-order valence-corrected chi connectivity index (χ2v) is 10.1. The number of nitrogens with two attached hydrogens (primary N) is 1. The lowest BCUT2D eigenvalue weighted by Gasteiger charge is -2.19. The van der Waals surface area contributed by atoms with E-state index < -0.39 is 30.3 Å². The summed E-state index contributed by atoms with van der Waals surface area (Å²) in [6.07, 6.45) is 3.61. The van der Waals surface area contributed by atoms with Crippen molar-refractivity contribution >= 4 is 40.0 Å². The molecule has 3 amide bonds. The average molecular weight is 472 g/mol. The van der Waals surface area contributed by atoms with Gasteiger partial charge in [-0.1, -0.05) is 32.9 Å². The lowest BCUT2D eigenvalue weighted by Crippen LogP contribution is -2.32. The molecule has 33 heavy (non-hydrogen) atoms. The van der Waals surface area contributed by atoms with E-state index in [-0.39, 0.29) is 12.0 Å². The van der Waals surface area contributed by atoms with Crippen LogP contribution in [-0.4, -0.2) is 36.8 Å². The van der Waals surface area contributed by atoms with Gasteiger partial charge in [-0.25, -0.2) is 0 Å². The molecule has 0 saturated heterocycles. The van der Waals surface area contributed by atoms with Crippen molar-refractivity contribution < 1.29 is 23.9 Å². The molecule has 0 aliphatic heterocycles. The molecule has 1 aliphatic rings. The minimum absolute atomic E-state index is 0.0277. The molecule has 1 aliphatic carbocycles. The Morgan fingerprint density at radius 2 is 1.73 bits per heavy atom.